The van der Waals surface area contributed by atoms with Crippen molar-refractivity contribution < 1.29 is 9.53 Å². The number of ether oxygens (including phenoxy) is 1. The Hall–Kier alpha value is -3.79. The van der Waals surface area contributed by atoms with Crippen LogP contribution in [0.2, 0.25) is 0 Å². The van der Waals surface area contributed by atoms with Crippen molar-refractivity contribution in [3.05, 3.63) is 108 Å². The predicted octanol–water partition coefficient (Wildman–Crippen LogP) is 7.22. The number of para-hydroxylation sites is 1. The zero-order valence-electron chi connectivity index (χ0n) is 20.4. The van der Waals surface area contributed by atoms with Crippen LogP contribution < -0.4 is 10.1 Å². The lowest BCUT2D eigenvalue weighted by atomic mass is 9.96. The lowest BCUT2D eigenvalue weighted by molar-refractivity contribution is 0.0592. The standard InChI is InChI=1S/C31H32N2O2/c1-3-22(2)33-30(32-27-18-10-9-17-26(27)31(33)34)29-25-16-8-7-15-24(25)19-20-28(29)35-21-11-14-23-12-5-4-6-13-23/h4-10,12-13,15-20,22,30,32H,3,11,14,21H2,1-2H3. The van der Waals surface area contributed by atoms with Crippen molar-refractivity contribution in [2.45, 2.75) is 45.3 Å². The van der Waals surface area contributed by atoms with Gasteiger partial charge in [0.2, 0.25) is 0 Å². The molecule has 5 rings (SSSR count). The first kappa shape index (κ1) is 23.0. The number of amides is 1. The average molecular weight is 465 g/mol. The van der Waals surface area contributed by atoms with E-state index >= 15 is 0 Å². The minimum absolute atomic E-state index is 0.0571. The van der Waals surface area contributed by atoms with Gasteiger partial charge in [-0.1, -0.05) is 79.7 Å². The van der Waals surface area contributed by atoms with E-state index in [9.17, 15) is 4.79 Å². The first-order valence-corrected chi connectivity index (χ1v) is 12.5. The third-order valence-corrected chi connectivity index (χ3v) is 6.94. The monoisotopic (exact) mass is 464 g/mol. The fourth-order valence-corrected chi connectivity index (χ4v) is 4.92. The van der Waals surface area contributed by atoms with E-state index in [0.717, 1.165) is 52.6 Å². The zero-order chi connectivity index (χ0) is 24.2. The van der Waals surface area contributed by atoms with E-state index in [2.05, 4.69) is 73.8 Å². The molecular weight excluding hydrogens is 432 g/mol. The number of benzene rings is 4. The molecular formula is C31H32N2O2. The molecule has 1 N–H and O–H groups in total. The topological polar surface area (TPSA) is 41.6 Å². The van der Waals surface area contributed by atoms with Crippen molar-refractivity contribution in [2.24, 2.45) is 0 Å². The molecule has 4 aromatic carbocycles. The summed E-state index contributed by atoms with van der Waals surface area (Å²) in [5.74, 6) is 0.886. The molecule has 1 aliphatic rings. The van der Waals surface area contributed by atoms with Crippen LogP contribution in [0, 0.1) is 0 Å². The minimum Gasteiger partial charge on any atom is -0.493 e. The number of fused-ring (bicyclic) bond motifs is 2. The second-order valence-electron chi connectivity index (χ2n) is 9.20. The van der Waals surface area contributed by atoms with Crippen LogP contribution in [0.3, 0.4) is 0 Å². The molecule has 0 aliphatic carbocycles. The number of aryl methyl sites for hydroxylation is 1. The van der Waals surface area contributed by atoms with Gasteiger partial charge in [0.05, 0.1) is 12.2 Å². The molecule has 0 aromatic heterocycles. The Labute approximate surface area is 207 Å². The molecule has 1 heterocycles. The summed E-state index contributed by atoms with van der Waals surface area (Å²) in [5, 5.41) is 5.92. The summed E-state index contributed by atoms with van der Waals surface area (Å²) in [6, 6.07) is 30.9. The number of nitrogens with zero attached hydrogens (tertiary/aromatic N) is 1. The molecule has 0 saturated heterocycles. The predicted molar refractivity (Wildman–Crippen MR) is 143 cm³/mol. The van der Waals surface area contributed by atoms with E-state index in [-0.39, 0.29) is 18.1 Å². The van der Waals surface area contributed by atoms with Gasteiger partial charge < -0.3 is 15.0 Å². The fourth-order valence-electron chi connectivity index (χ4n) is 4.92. The first-order chi connectivity index (χ1) is 17.2. The van der Waals surface area contributed by atoms with Gasteiger partial charge in [-0.2, -0.15) is 0 Å². The molecule has 35 heavy (non-hydrogen) atoms. The van der Waals surface area contributed by atoms with Gasteiger partial charge in [-0.05, 0) is 60.7 Å². The molecule has 1 aliphatic heterocycles. The van der Waals surface area contributed by atoms with Crippen molar-refractivity contribution in [2.75, 3.05) is 11.9 Å². The molecule has 2 atom stereocenters. The summed E-state index contributed by atoms with van der Waals surface area (Å²) >= 11 is 0. The highest BCUT2D eigenvalue weighted by molar-refractivity contribution is 6.02. The van der Waals surface area contributed by atoms with Gasteiger partial charge in [-0.3, -0.25) is 4.79 Å². The molecule has 2 unspecified atom stereocenters. The maximum atomic E-state index is 13.7. The number of nitrogens with one attached hydrogen (secondary N) is 1. The summed E-state index contributed by atoms with van der Waals surface area (Å²) in [5.41, 5.74) is 3.92. The second-order valence-corrected chi connectivity index (χ2v) is 9.20. The molecule has 4 heteroatoms. The largest absolute Gasteiger partial charge is 0.493 e. The summed E-state index contributed by atoms with van der Waals surface area (Å²) in [6.45, 7) is 4.85. The normalized spacial score (nSPS) is 16.0. The second kappa shape index (κ2) is 10.2. The molecule has 0 saturated carbocycles. The molecule has 0 radical (unpaired) electrons. The molecule has 1 amide bonds. The molecule has 0 spiro atoms. The molecule has 0 bridgehead atoms. The van der Waals surface area contributed by atoms with Crippen molar-refractivity contribution >= 4 is 22.4 Å². The van der Waals surface area contributed by atoms with E-state index in [4.69, 9.17) is 4.74 Å². The molecule has 0 fully saturated rings. The molecule has 178 valence electrons. The van der Waals surface area contributed by atoms with Crippen LogP contribution in [0.15, 0.2) is 91.0 Å². The van der Waals surface area contributed by atoms with Crippen molar-refractivity contribution in [1.29, 1.82) is 0 Å². The average Bonchev–Trinajstić information content (AvgIpc) is 2.91. The van der Waals surface area contributed by atoms with Crippen molar-refractivity contribution in [3.63, 3.8) is 0 Å². The Morgan fingerprint density at radius 2 is 1.66 bits per heavy atom. The van der Waals surface area contributed by atoms with Gasteiger partial charge >= 0.3 is 0 Å². The van der Waals surface area contributed by atoms with Gasteiger partial charge in [-0.15, -0.1) is 0 Å². The fraction of sp³-hybridized carbons (Fsp3) is 0.258. The smallest absolute Gasteiger partial charge is 0.258 e. The van der Waals surface area contributed by atoms with Gasteiger partial charge in [0, 0.05) is 17.3 Å². The highest BCUT2D eigenvalue weighted by Crippen LogP contribution is 2.41. The Morgan fingerprint density at radius 3 is 2.49 bits per heavy atom. The van der Waals surface area contributed by atoms with Crippen LogP contribution in [-0.4, -0.2) is 23.5 Å². The van der Waals surface area contributed by atoms with Crippen LogP contribution in [-0.2, 0) is 6.42 Å². The third kappa shape index (κ3) is 4.61. The van der Waals surface area contributed by atoms with Crippen LogP contribution >= 0.6 is 0 Å². The third-order valence-electron chi connectivity index (χ3n) is 6.94. The number of carbonyl (C=O) groups is 1. The van der Waals surface area contributed by atoms with Crippen molar-refractivity contribution in [3.8, 4) is 5.75 Å². The SMILES string of the molecule is CCC(C)N1C(=O)c2ccccc2NC1c1c(OCCCc2ccccc2)ccc2ccccc12. The molecule has 4 aromatic rings. The summed E-state index contributed by atoms with van der Waals surface area (Å²) in [7, 11) is 0. The Balaban J connectivity index is 1.52. The Kier molecular flexibility index (Phi) is 6.71. The Bertz CT molecular complexity index is 1320. The number of carbonyl (C=O) groups excluding carboxylic acids is 1. The number of hydrogen-bond acceptors (Lipinski definition) is 3. The van der Waals surface area contributed by atoms with E-state index in [1.165, 1.54) is 5.56 Å². The van der Waals surface area contributed by atoms with E-state index in [0.29, 0.717) is 6.61 Å². The Morgan fingerprint density at radius 1 is 0.914 bits per heavy atom. The van der Waals surface area contributed by atoms with Gasteiger partial charge in [0.1, 0.15) is 11.9 Å². The summed E-state index contributed by atoms with van der Waals surface area (Å²) < 4.78 is 6.43. The minimum atomic E-state index is -0.317. The van der Waals surface area contributed by atoms with Crippen LogP contribution in [0.5, 0.6) is 5.75 Å². The summed E-state index contributed by atoms with van der Waals surface area (Å²) in [4.78, 5) is 15.7. The zero-order valence-corrected chi connectivity index (χ0v) is 20.4. The van der Waals surface area contributed by atoms with Crippen LogP contribution in [0.1, 0.15) is 54.3 Å². The van der Waals surface area contributed by atoms with Gasteiger partial charge in [0.25, 0.3) is 5.91 Å². The lowest BCUT2D eigenvalue weighted by Gasteiger charge is -2.42. The van der Waals surface area contributed by atoms with Crippen LogP contribution in [0.25, 0.3) is 10.8 Å². The lowest BCUT2D eigenvalue weighted by Crippen LogP contribution is -2.47. The van der Waals surface area contributed by atoms with Crippen LogP contribution in [0.4, 0.5) is 5.69 Å². The maximum Gasteiger partial charge on any atom is 0.258 e. The van der Waals surface area contributed by atoms with Gasteiger partial charge in [0.15, 0.2) is 0 Å². The first-order valence-electron chi connectivity index (χ1n) is 12.5. The van der Waals surface area contributed by atoms with Crippen molar-refractivity contribution in [1.82, 2.24) is 4.90 Å². The van der Waals surface area contributed by atoms with Gasteiger partial charge in [-0.25, -0.2) is 0 Å². The highest BCUT2D eigenvalue weighted by atomic mass is 16.5. The quantitative estimate of drug-likeness (QED) is 0.280. The number of anilines is 1. The maximum absolute atomic E-state index is 13.7. The number of hydrogen-bond donors (Lipinski definition) is 1. The number of rotatable bonds is 8. The summed E-state index contributed by atoms with van der Waals surface area (Å²) in [6.07, 6.45) is 2.44. The van der Waals surface area contributed by atoms with E-state index in [1.807, 2.05) is 41.3 Å². The highest BCUT2D eigenvalue weighted by Gasteiger charge is 2.37. The van der Waals surface area contributed by atoms with E-state index in [1.54, 1.807) is 0 Å². The van der Waals surface area contributed by atoms with E-state index < -0.39 is 0 Å². The molecule has 4 nitrogen and oxygen atoms in total.